The molecule has 11 nitrogen and oxygen atoms in total. The highest BCUT2D eigenvalue weighted by Gasteiger charge is 2.41. The van der Waals surface area contributed by atoms with E-state index < -0.39 is 41.2 Å². The fourth-order valence-electron chi connectivity index (χ4n) is 4.83. The van der Waals surface area contributed by atoms with Crippen LogP contribution in [-0.2, 0) is 14.3 Å². The normalized spacial score (nSPS) is 21.1. The minimum absolute atomic E-state index is 0.0573. The predicted octanol–water partition coefficient (Wildman–Crippen LogP) is 3.62. The highest BCUT2D eigenvalue weighted by Crippen LogP contribution is 2.35. The second kappa shape index (κ2) is 13.1. The first kappa shape index (κ1) is 31.9. The van der Waals surface area contributed by atoms with Gasteiger partial charge in [0.15, 0.2) is 10.8 Å². The third-order valence-corrected chi connectivity index (χ3v) is 7.89. The standard InChI is InChI=1S/C27H29F4N5O6S/c1-3-41-25(40)19-11-33-22(23-32-7-9-43-23)34-20(19)14-35-8-6-26(2,28)16(12-35)13-36(15-37)17-4-5-18(24(38)39)21(10-17)42-27(29,30)31/h4-5,7,9-10,15-16H,3,6,8,11-14H2,1-2H3,(H,33,34)(H,38,39). The number of benzene rings is 1. The monoisotopic (exact) mass is 627 g/mol. The van der Waals surface area contributed by atoms with Gasteiger partial charge in [0, 0.05) is 61.1 Å². The lowest BCUT2D eigenvalue weighted by Gasteiger charge is -2.43. The van der Waals surface area contributed by atoms with E-state index in [4.69, 9.17) is 4.74 Å². The van der Waals surface area contributed by atoms with Crippen molar-refractivity contribution in [2.45, 2.75) is 32.3 Å². The quantitative estimate of drug-likeness (QED) is 0.218. The van der Waals surface area contributed by atoms with Crippen LogP contribution in [0.3, 0.4) is 0 Å². The molecular weight excluding hydrogens is 598 g/mol. The highest BCUT2D eigenvalue weighted by atomic mass is 32.1. The molecule has 2 aliphatic rings. The molecule has 43 heavy (non-hydrogen) atoms. The minimum atomic E-state index is -5.18. The maximum Gasteiger partial charge on any atom is 0.573 e. The predicted molar refractivity (Wildman–Crippen MR) is 148 cm³/mol. The lowest BCUT2D eigenvalue weighted by atomic mass is 9.83. The number of aromatic nitrogens is 1. The third-order valence-electron chi connectivity index (χ3n) is 7.11. The average Bonchev–Trinajstić information content (AvgIpc) is 3.47. The summed E-state index contributed by atoms with van der Waals surface area (Å²) in [6.07, 6.45) is -3.15. The van der Waals surface area contributed by atoms with E-state index in [9.17, 15) is 32.7 Å². The molecule has 232 valence electrons. The second-order valence-electron chi connectivity index (χ2n) is 10.1. The summed E-state index contributed by atoms with van der Waals surface area (Å²) in [5.41, 5.74) is -1.77. The molecule has 2 atom stereocenters. The molecule has 0 saturated carbocycles. The van der Waals surface area contributed by atoms with E-state index in [0.29, 0.717) is 35.1 Å². The van der Waals surface area contributed by atoms with E-state index >= 15 is 4.39 Å². The highest BCUT2D eigenvalue weighted by molar-refractivity contribution is 7.11. The number of rotatable bonds is 11. The number of likely N-dealkylation sites (tertiary alicyclic amines) is 1. The van der Waals surface area contributed by atoms with Crippen LogP contribution in [0.15, 0.2) is 46.0 Å². The minimum Gasteiger partial charge on any atom is -0.478 e. The molecule has 1 amide bonds. The molecule has 16 heteroatoms. The zero-order chi connectivity index (χ0) is 31.4. The number of carbonyl (C=O) groups excluding carboxylic acids is 2. The van der Waals surface area contributed by atoms with Gasteiger partial charge in [-0.1, -0.05) is 0 Å². The van der Waals surface area contributed by atoms with Crippen LogP contribution in [0.2, 0.25) is 0 Å². The molecule has 0 spiro atoms. The number of carboxylic acids is 1. The molecule has 2 unspecified atom stereocenters. The van der Waals surface area contributed by atoms with Gasteiger partial charge in [0.05, 0.1) is 18.7 Å². The van der Waals surface area contributed by atoms with Crippen molar-refractivity contribution < 1.29 is 46.5 Å². The largest absolute Gasteiger partial charge is 0.573 e. The maximum absolute atomic E-state index is 15.8. The Bertz CT molecular complexity index is 1410. The van der Waals surface area contributed by atoms with Crippen LogP contribution >= 0.6 is 11.3 Å². The summed E-state index contributed by atoms with van der Waals surface area (Å²) < 4.78 is 63.6. The van der Waals surface area contributed by atoms with Crippen molar-refractivity contribution in [2.24, 2.45) is 10.9 Å². The molecule has 1 aromatic carbocycles. The van der Waals surface area contributed by atoms with Gasteiger partial charge in [-0.05, 0) is 32.4 Å². The van der Waals surface area contributed by atoms with Gasteiger partial charge >= 0.3 is 18.3 Å². The third kappa shape index (κ3) is 7.87. The van der Waals surface area contributed by atoms with Crippen molar-refractivity contribution in [1.29, 1.82) is 0 Å². The zero-order valence-corrected chi connectivity index (χ0v) is 24.0. The number of piperidine rings is 1. The lowest BCUT2D eigenvalue weighted by Crippen LogP contribution is -2.53. The van der Waals surface area contributed by atoms with Crippen LogP contribution in [0.1, 0.15) is 35.6 Å². The number of thiazole rings is 1. The van der Waals surface area contributed by atoms with Crippen LogP contribution in [0, 0.1) is 5.92 Å². The summed E-state index contributed by atoms with van der Waals surface area (Å²) in [6, 6.07) is 2.82. The lowest BCUT2D eigenvalue weighted by molar-refractivity contribution is -0.274. The van der Waals surface area contributed by atoms with E-state index in [-0.39, 0.29) is 44.9 Å². The Kier molecular flexibility index (Phi) is 9.69. The number of ether oxygens (including phenoxy) is 2. The fourth-order valence-corrected chi connectivity index (χ4v) is 5.43. The van der Waals surface area contributed by atoms with Crippen molar-refractivity contribution in [3.05, 3.63) is 51.6 Å². The number of carbonyl (C=O) groups is 3. The number of amidine groups is 1. The fraction of sp³-hybridized carbons (Fsp3) is 0.444. The van der Waals surface area contributed by atoms with Gasteiger partial charge in [-0.15, -0.1) is 24.5 Å². The van der Waals surface area contributed by atoms with E-state index in [0.717, 1.165) is 23.1 Å². The number of carboxylic acid groups (broad SMARTS) is 1. The molecule has 4 rings (SSSR count). The van der Waals surface area contributed by atoms with E-state index in [1.54, 1.807) is 18.5 Å². The number of amides is 1. The number of hydrogen-bond donors (Lipinski definition) is 2. The van der Waals surface area contributed by atoms with Crippen LogP contribution < -0.4 is 15.0 Å². The molecule has 0 radical (unpaired) electrons. The Morgan fingerprint density at radius 3 is 2.74 bits per heavy atom. The van der Waals surface area contributed by atoms with Crippen molar-refractivity contribution in [1.82, 2.24) is 15.2 Å². The molecule has 3 heterocycles. The number of halogens is 4. The molecule has 1 aromatic heterocycles. The summed E-state index contributed by atoms with van der Waals surface area (Å²) in [4.78, 5) is 47.7. The second-order valence-corrected chi connectivity index (χ2v) is 11.0. The van der Waals surface area contributed by atoms with Gasteiger partial charge in [-0.3, -0.25) is 14.7 Å². The number of nitrogens with zero attached hydrogens (tertiary/aromatic N) is 4. The summed E-state index contributed by atoms with van der Waals surface area (Å²) >= 11 is 1.36. The van der Waals surface area contributed by atoms with Crippen molar-refractivity contribution in [3.63, 3.8) is 0 Å². The Balaban J connectivity index is 1.55. The number of aliphatic imine (C=N–C) groups is 1. The van der Waals surface area contributed by atoms with Gasteiger partial charge in [0.2, 0.25) is 6.41 Å². The smallest absolute Gasteiger partial charge is 0.478 e. The maximum atomic E-state index is 15.8. The van der Waals surface area contributed by atoms with Crippen molar-refractivity contribution >= 4 is 41.2 Å². The Hall–Kier alpha value is -4.05. The number of esters is 1. The molecule has 1 fully saturated rings. The van der Waals surface area contributed by atoms with Crippen molar-refractivity contribution in [2.75, 3.05) is 44.2 Å². The van der Waals surface area contributed by atoms with Gasteiger partial charge < -0.3 is 24.8 Å². The van der Waals surface area contributed by atoms with Gasteiger partial charge in [0.25, 0.3) is 0 Å². The number of aromatic carboxylic acids is 1. The molecule has 0 aliphatic carbocycles. The van der Waals surface area contributed by atoms with E-state index in [1.165, 1.54) is 18.3 Å². The Morgan fingerprint density at radius 2 is 2.12 bits per heavy atom. The number of alkyl halides is 4. The number of anilines is 1. The topological polar surface area (TPSA) is 134 Å². The molecule has 1 saturated heterocycles. The molecule has 2 aliphatic heterocycles. The van der Waals surface area contributed by atoms with Gasteiger partial charge in [0.1, 0.15) is 17.0 Å². The molecule has 2 aromatic rings. The van der Waals surface area contributed by atoms with Crippen molar-refractivity contribution in [3.8, 4) is 5.75 Å². The van der Waals surface area contributed by atoms with Crippen LogP contribution in [-0.4, -0.2) is 90.5 Å². The van der Waals surface area contributed by atoms with Crippen LogP contribution in [0.5, 0.6) is 5.75 Å². The van der Waals surface area contributed by atoms with Crippen LogP contribution in [0.4, 0.5) is 23.2 Å². The molecule has 0 bridgehead atoms. The first-order valence-corrected chi connectivity index (χ1v) is 14.1. The van der Waals surface area contributed by atoms with E-state index in [1.807, 2.05) is 4.90 Å². The van der Waals surface area contributed by atoms with E-state index in [2.05, 4.69) is 20.0 Å². The first-order valence-electron chi connectivity index (χ1n) is 13.2. The Labute approximate surface area is 247 Å². The van der Waals surface area contributed by atoms with Gasteiger partial charge in [-0.25, -0.2) is 19.0 Å². The Morgan fingerprint density at radius 1 is 1.35 bits per heavy atom. The molecular formula is C27H29F4N5O6S. The average molecular weight is 628 g/mol. The summed E-state index contributed by atoms with van der Waals surface area (Å²) in [5.74, 6) is -3.52. The SMILES string of the molecule is CCOC(=O)C1=C(CN2CCC(C)(F)C(CN(C=O)c3ccc(C(=O)O)c(OC(F)(F)F)c3)C2)NC(c2nccs2)=NC1. The zero-order valence-electron chi connectivity index (χ0n) is 23.2. The van der Waals surface area contributed by atoms with Crippen LogP contribution in [0.25, 0.3) is 0 Å². The number of nitrogens with one attached hydrogen (secondary N) is 1. The summed E-state index contributed by atoms with van der Waals surface area (Å²) in [7, 11) is 0. The first-order chi connectivity index (χ1) is 20.3. The van der Waals surface area contributed by atoms with Gasteiger partial charge in [-0.2, -0.15) is 0 Å². The number of hydrogen-bond acceptors (Lipinski definition) is 10. The molecule has 2 N–H and O–H groups in total. The summed E-state index contributed by atoms with van der Waals surface area (Å²) in [5, 5.41) is 14.8. The summed E-state index contributed by atoms with van der Waals surface area (Å²) in [6.45, 7) is 3.70.